The van der Waals surface area contributed by atoms with Gasteiger partial charge in [0.05, 0.1) is 12.1 Å². The molecule has 0 aromatic heterocycles. The van der Waals surface area contributed by atoms with Gasteiger partial charge in [-0.05, 0) is 60.7 Å². The van der Waals surface area contributed by atoms with Gasteiger partial charge >= 0.3 is 6.18 Å². The number of alkyl halides is 3. The quantitative estimate of drug-likeness (QED) is 0.453. The monoisotopic (exact) mass is 498 g/mol. The average Bonchev–Trinajstić information content (AvgIpc) is 2.88. The number of aryl methyl sites for hydroxylation is 2. The van der Waals surface area contributed by atoms with Crippen LogP contribution in [0.4, 0.5) is 28.9 Å². The molecule has 0 saturated carbocycles. The Morgan fingerprint density at radius 1 is 0.972 bits per heavy atom. The van der Waals surface area contributed by atoms with Gasteiger partial charge in [-0.3, -0.25) is 0 Å². The number of rotatable bonds is 3. The van der Waals surface area contributed by atoms with Crippen molar-refractivity contribution in [2.45, 2.75) is 39.3 Å². The second kappa shape index (κ2) is 9.64. The molecule has 36 heavy (non-hydrogen) atoms. The number of piperazine rings is 1. The lowest BCUT2D eigenvalue weighted by atomic mass is 9.99. The Morgan fingerprint density at radius 3 is 2.44 bits per heavy atom. The molecule has 5 rings (SSSR count). The molecule has 2 aromatic carbocycles. The molecule has 190 valence electrons. The second-order valence-corrected chi connectivity index (χ2v) is 9.52. The van der Waals surface area contributed by atoms with Crippen molar-refractivity contribution in [1.29, 1.82) is 0 Å². The topological polar surface area (TPSA) is 22.1 Å². The van der Waals surface area contributed by atoms with Gasteiger partial charge in [0.1, 0.15) is 11.5 Å². The lowest BCUT2D eigenvalue weighted by Crippen LogP contribution is -2.55. The van der Waals surface area contributed by atoms with Crippen molar-refractivity contribution < 1.29 is 17.6 Å². The van der Waals surface area contributed by atoms with E-state index in [1.165, 1.54) is 17.7 Å². The number of allylic oxidation sites excluding steroid dienone is 2. The second-order valence-electron chi connectivity index (χ2n) is 9.52. The van der Waals surface area contributed by atoms with Gasteiger partial charge in [-0.15, -0.1) is 0 Å². The molecule has 1 fully saturated rings. The Hall–Kier alpha value is -3.29. The highest BCUT2D eigenvalue weighted by atomic mass is 19.4. The molecular formula is C28H30F4N4. The van der Waals surface area contributed by atoms with Crippen molar-refractivity contribution in [1.82, 2.24) is 4.90 Å². The fraction of sp³-hybridized carbons (Fsp3) is 0.393. The van der Waals surface area contributed by atoms with Crippen molar-refractivity contribution in [3.05, 3.63) is 82.3 Å². The van der Waals surface area contributed by atoms with Crippen molar-refractivity contribution in [2.24, 2.45) is 4.99 Å². The highest BCUT2D eigenvalue weighted by molar-refractivity contribution is 6.00. The van der Waals surface area contributed by atoms with Crippen LogP contribution in [0.5, 0.6) is 0 Å². The highest BCUT2D eigenvalue weighted by Gasteiger charge is 2.35. The van der Waals surface area contributed by atoms with Gasteiger partial charge in [0, 0.05) is 44.0 Å². The van der Waals surface area contributed by atoms with E-state index in [1.54, 1.807) is 6.92 Å². The summed E-state index contributed by atoms with van der Waals surface area (Å²) < 4.78 is 55.5. The third-order valence-electron chi connectivity index (χ3n) is 7.17. The van der Waals surface area contributed by atoms with E-state index in [0.29, 0.717) is 49.8 Å². The lowest BCUT2D eigenvalue weighted by Gasteiger charge is -2.43. The zero-order valence-corrected chi connectivity index (χ0v) is 20.6. The Morgan fingerprint density at radius 2 is 1.72 bits per heavy atom. The van der Waals surface area contributed by atoms with E-state index < -0.39 is 11.7 Å². The molecule has 0 spiro atoms. The molecule has 1 saturated heterocycles. The zero-order chi connectivity index (χ0) is 25.4. The van der Waals surface area contributed by atoms with Gasteiger partial charge in [-0.25, -0.2) is 9.38 Å². The van der Waals surface area contributed by atoms with Crippen LogP contribution in [-0.2, 0) is 12.6 Å². The maximum Gasteiger partial charge on any atom is 0.416 e. The van der Waals surface area contributed by atoms with E-state index in [9.17, 15) is 17.6 Å². The van der Waals surface area contributed by atoms with Crippen LogP contribution in [0.15, 0.2) is 70.6 Å². The van der Waals surface area contributed by atoms with E-state index in [2.05, 4.69) is 41.0 Å². The molecule has 0 N–H and O–H groups in total. The van der Waals surface area contributed by atoms with Crippen LogP contribution in [0.3, 0.4) is 0 Å². The molecule has 0 amide bonds. The first kappa shape index (κ1) is 24.4. The maximum atomic E-state index is 14.8. The molecule has 1 aliphatic carbocycles. The van der Waals surface area contributed by atoms with Crippen molar-refractivity contribution in [3.63, 3.8) is 0 Å². The van der Waals surface area contributed by atoms with Gasteiger partial charge < -0.3 is 14.7 Å². The summed E-state index contributed by atoms with van der Waals surface area (Å²) >= 11 is 0. The molecule has 0 unspecified atom stereocenters. The summed E-state index contributed by atoms with van der Waals surface area (Å²) in [6, 6.07) is 12.3. The van der Waals surface area contributed by atoms with Crippen LogP contribution in [0.25, 0.3) is 0 Å². The van der Waals surface area contributed by atoms with Gasteiger partial charge in [0.2, 0.25) is 5.96 Å². The number of hydrogen-bond donors (Lipinski definition) is 0. The molecule has 4 nitrogen and oxygen atoms in total. The summed E-state index contributed by atoms with van der Waals surface area (Å²) in [5, 5.41) is 0. The summed E-state index contributed by atoms with van der Waals surface area (Å²) in [4.78, 5) is 10.9. The van der Waals surface area contributed by atoms with Crippen molar-refractivity contribution >= 4 is 17.3 Å². The lowest BCUT2D eigenvalue weighted by molar-refractivity contribution is -0.137. The van der Waals surface area contributed by atoms with Gasteiger partial charge in [-0.2, -0.15) is 13.2 Å². The standard InChI is InChI=1S/C28H30F4N4/c1-3-20-6-4-8-23(16-20)34-12-14-35(15-13-34)27-33-26-21(7-5-9-24(26)29)18-36(27)25-17-22(28(30,31)32)11-10-19(25)2/h4,6-8,10-11,16-17H,3,5,9,12-15,18H2,1-2H3. The normalized spacial score (nSPS) is 18.8. The van der Waals surface area contributed by atoms with E-state index in [0.717, 1.165) is 42.4 Å². The first-order valence-corrected chi connectivity index (χ1v) is 12.5. The fourth-order valence-corrected chi connectivity index (χ4v) is 5.08. The summed E-state index contributed by atoms with van der Waals surface area (Å²) in [6.45, 7) is 6.98. The molecule has 2 aromatic rings. The molecule has 8 heteroatoms. The first-order valence-electron chi connectivity index (χ1n) is 12.5. The molecule has 2 heterocycles. The Balaban J connectivity index is 1.48. The van der Waals surface area contributed by atoms with E-state index in [1.807, 2.05) is 11.0 Å². The van der Waals surface area contributed by atoms with Crippen LogP contribution in [-0.4, -0.2) is 43.6 Å². The minimum atomic E-state index is -4.45. The Bertz CT molecular complexity index is 1240. The van der Waals surface area contributed by atoms with Crippen LogP contribution in [0.1, 0.15) is 36.5 Å². The summed E-state index contributed by atoms with van der Waals surface area (Å²) in [5.41, 5.74) is 3.98. The predicted octanol–water partition coefficient (Wildman–Crippen LogP) is 6.48. The smallest absolute Gasteiger partial charge is 0.368 e. The van der Waals surface area contributed by atoms with Gasteiger partial charge in [0.15, 0.2) is 0 Å². The number of aliphatic imine (C=N–C) groups is 1. The molecular weight excluding hydrogens is 468 g/mol. The Labute approximate surface area is 209 Å². The highest BCUT2D eigenvalue weighted by Crippen LogP contribution is 2.38. The summed E-state index contributed by atoms with van der Waals surface area (Å²) in [7, 11) is 0. The molecule has 3 aliphatic rings. The summed E-state index contributed by atoms with van der Waals surface area (Å²) in [6.07, 6.45) is -0.657. The third kappa shape index (κ3) is 4.73. The van der Waals surface area contributed by atoms with E-state index in [-0.39, 0.29) is 5.83 Å². The number of fused-ring (bicyclic) bond motifs is 1. The largest absolute Gasteiger partial charge is 0.416 e. The van der Waals surface area contributed by atoms with Crippen LogP contribution in [0, 0.1) is 6.92 Å². The minimum absolute atomic E-state index is 0.250. The van der Waals surface area contributed by atoms with Crippen molar-refractivity contribution in [2.75, 3.05) is 42.5 Å². The molecule has 0 radical (unpaired) electrons. The number of anilines is 2. The number of benzene rings is 2. The molecule has 0 bridgehead atoms. The van der Waals surface area contributed by atoms with Crippen molar-refractivity contribution in [3.8, 4) is 0 Å². The van der Waals surface area contributed by atoms with Crippen LogP contribution < -0.4 is 9.80 Å². The number of halogens is 4. The minimum Gasteiger partial charge on any atom is -0.368 e. The first-order chi connectivity index (χ1) is 17.2. The van der Waals surface area contributed by atoms with E-state index >= 15 is 0 Å². The predicted molar refractivity (Wildman–Crippen MR) is 136 cm³/mol. The SMILES string of the molecule is CCc1cccc(N2CCN(C3=NC4=C(F)CCC=C4CN3c3cc(C(F)(F)F)ccc3C)CC2)c1. The molecule has 2 aliphatic heterocycles. The Kier molecular flexibility index (Phi) is 6.53. The molecule has 0 atom stereocenters. The summed E-state index contributed by atoms with van der Waals surface area (Å²) in [5.74, 6) is 0.268. The van der Waals surface area contributed by atoms with Crippen LogP contribution in [0.2, 0.25) is 0 Å². The number of nitrogens with zero attached hydrogens (tertiary/aromatic N) is 4. The van der Waals surface area contributed by atoms with Gasteiger partial charge in [-0.1, -0.05) is 31.2 Å². The van der Waals surface area contributed by atoms with Crippen LogP contribution >= 0.6 is 0 Å². The average molecular weight is 499 g/mol. The number of hydrogen-bond acceptors (Lipinski definition) is 4. The van der Waals surface area contributed by atoms with Gasteiger partial charge in [0.25, 0.3) is 0 Å². The third-order valence-corrected chi connectivity index (χ3v) is 7.17. The van der Waals surface area contributed by atoms with E-state index in [4.69, 9.17) is 4.99 Å². The maximum absolute atomic E-state index is 14.8. The number of guanidine groups is 1. The zero-order valence-electron chi connectivity index (χ0n) is 20.6. The fourth-order valence-electron chi connectivity index (χ4n) is 5.08.